The van der Waals surface area contributed by atoms with E-state index in [4.69, 9.17) is 4.74 Å². The molecule has 0 atom stereocenters. The highest BCUT2D eigenvalue weighted by atomic mass is 16.5. The number of fused-ring (bicyclic) bond motifs is 1. The summed E-state index contributed by atoms with van der Waals surface area (Å²) in [5.74, 6) is 0.884. The number of amides is 1. The summed E-state index contributed by atoms with van der Waals surface area (Å²) in [6.45, 7) is 3.21. The van der Waals surface area contributed by atoms with E-state index in [0.29, 0.717) is 5.57 Å². The minimum Gasteiger partial charge on any atom is -0.378 e. The molecular formula is C18H17N3O2. The molecule has 5 heteroatoms. The second kappa shape index (κ2) is 5.85. The molecule has 1 N–H and O–H groups in total. The van der Waals surface area contributed by atoms with Gasteiger partial charge in [-0.25, -0.2) is 4.98 Å². The molecule has 1 amide bonds. The van der Waals surface area contributed by atoms with Crippen LogP contribution >= 0.6 is 0 Å². The Kier molecular flexibility index (Phi) is 3.55. The fraction of sp³-hybridized carbons (Fsp3) is 0.222. The Labute approximate surface area is 134 Å². The Balaban J connectivity index is 1.60. The van der Waals surface area contributed by atoms with Gasteiger partial charge in [0.15, 0.2) is 0 Å². The summed E-state index contributed by atoms with van der Waals surface area (Å²) in [5, 5.41) is 2.88. The highest BCUT2D eigenvalue weighted by molar-refractivity contribution is 6.34. The molecule has 0 bridgehead atoms. The minimum absolute atomic E-state index is 0.0662. The van der Waals surface area contributed by atoms with Gasteiger partial charge in [-0.3, -0.25) is 4.79 Å². The monoisotopic (exact) mass is 307 g/mol. The summed E-state index contributed by atoms with van der Waals surface area (Å²) in [7, 11) is 0. The maximum atomic E-state index is 12.1. The zero-order valence-electron chi connectivity index (χ0n) is 12.7. The van der Waals surface area contributed by atoms with Crippen molar-refractivity contribution in [1.29, 1.82) is 0 Å². The molecule has 0 aliphatic carbocycles. The third-order valence-electron chi connectivity index (χ3n) is 4.13. The van der Waals surface area contributed by atoms with E-state index in [1.54, 1.807) is 0 Å². The summed E-state index contributed by atoms with van der Waals surface area (Å²) in [6, 6.07) is 11.7. The maximum Gasteiger partial charge on any atom is 0.256 e. The van der Waals surface area contributed by atoms with Crippen LogP contribution < -0.4 is 10.2 Å². The standard InChI is InChI=1S/C18H17N3O2/c22-18-15(14-3-1-2-4-16(14)20-18)11-13-5-6-17(19-12-13)21-7-9-23-10-8-21/h1-6,11-12H,7-10H2,(H,20,22)/b15-11-. The summed E-state index contributed by atoms with van der Waals surface area (Å²) in [5.41, 5.74) is 3.40. The molecule has 1 aromatic carbocycles. The third-order valence-corrected chi connectivity index (χ3v) is 4.13. The molecule has 2 aromatic rings. The number of ether oxygens (including phenoxy) is 1. The molecule has 116 valence electrons. The largest absolute Gasteiger partial charge is 0.378 e. The SMILES string of the molecule is O=C1Nc2ccccc2/C1=C/c1ccc(N2CCOCC2)nc1. The Morgan fingerprint density at radius 1 is 1.13 bits per heavy atom. The lowest BCUT2D eigenvalue weighted by atomic mass is 10.0. The fourth-order valence-electron chi connectivity index (χ4n) is 2.91. The van der Waals surface area contributed by atoms with Gasteiger partial charge < -0.3 is 15.0 Å². The lowest BCUT2D eigenvalue weighted by Crippen LogP contribution is -2.36. The number of morpholine rings is 1. The van der Waals surface area contributed by atoms with Gasteiger partial charge in [-0.1, -0.05) is 18.2 Å². The summed E-state index contributed by atoms with van der Waals surface area (Å²) >= 11 is 0. The average molecular weight is 307 g/mol. The van der Waals surface area contributed by atoms with Gasteiger partial charge in [-0.05, 0) is 29.8 Å². The van der Waals surface area contributed by atoms with Crippen molar-refractivity contribution in [1.82, 2.24) is 4.98 Å². The molecule has 1 aromatic heterocycles. The Bertz CT molecular complexity index is 762. The first-order chi connectivity index (χ1) is 11.3. The maximum absolute atomic E-state index is 12.1. The van der Waals surface area contributed by atoms with Crippen LogP contribution in [0, 0.1) is 0 Å². The van der Waals surface area contributed by atoms with E-state index in [0.717, 1.165) is 48.9 Å². The molecule has 0 spiro atoms. The van der Waals surface area contributed by atoms with E-state index >= 15 is 0 Å². The fourth-order valence-corrected chi connectivity index (χ4v) is 2.91. The van der Waals surface area contributed by atoms with E-state index in [1.165, 1.54) is 0 Å². The van der Waals surface area contributed by atoms with E-state index in [1.807, 2.05) is 48.7 Å². The van der Waals surface area contributed by atoms with Crippen LogP contribution in [0.15, 0.2) is 42.6 Å². The number of aromatic nitrogens is 1. The van der Waals surface area contributed by atoms with Crippen LogP contribution in [0.1, 0.15) is 11.1 Å². The van der Waals surface area contributed by atoms with Crippen molar-refractivity contribution >= 4 is 29.1 Å². The van der Waals surface area contributed by atoms with Gasteiger partial charge in [0.05, 0.1) is 13.2 Å². The highest BCUT2D eigenvalue weighted by Gasteiger charge is 2.23. The first-order valence-electron chi connectivity index (χ1n) is 7.72. The molecule has 0 unspecified atom stereocenters. The first-order valence-corrected chi connectivity index (χ1v) is 7.72. The van der Waals surface area contributed by atoms with Crippen molar-refractivity contribution in [3.63, 3.8) is 0 Å². The number of hydrogen-bond acceptors (Lipinski definition) is 4. The molecule has 4 rings (SSSR count). The van der Waals surface area contributed by atoms with Crippen LogP contribution in [0.3, 0.4) is 0 Å². The molecule has 2 aliphatic rings. The number of hydrogen-bond donors (Lipinski definition) is 1. The van der Waals surface area contributed by atoms with Crippen LogP contribution in [0.5, 0.6) is 0 Å². The van der Waals surface area contributed by atoms with Gasteiger partial charge >= 0.3 is 0 Å². The number of rotatable bonds is 2. The molecule has 5 nitrogen and oxygen atoms in total. The molecule has 0 radical (unpaired) electrons. The van der Waals surface area contributed by atoms with Gasteiger partial charge in [-0.2, -0.15) is 0 Å². The van der Waals surface area contributed by atoms with E-state index in [2.05, 4.69) is 15.2 Å². The molecule has 0 saturated carbocycles. The molecule has 1 saturated heterocycles. The van der Waals surface area contributed by atoms with Crippen LogP contribution in [-0.4, -0.2) is 37.2 Å². The highest BCUT2D eigenvalue weighted by Crippen LogP contribution is 2.32. The van der Waals surface area contributed by atoms with E-state index in [-0.39, 0.29) is 5.91 Å². The Morgan fingerprint density at radius 2 is 1.96 bits per heavy atom. The van der Waals surface area contributed by atoms with Crippen LogP contribution in [-0.2, 0) is 9.53 Å². The van der Waals surface area contributed by atoms with Crippen molar-refractivity contribution in [2.45, 2.75) is 0 Å². The lowest BCUT2D eigenvalue weighted by molar-refractivity contribution is -0.110. The molecule has 23 heavy (non-hydrogen) atoms. The van der Waals surface area contributed by atoms with Crippen LogP contribution in [0.2, 0.25) is 0 Å². The smallest absolute Gasteiger partial charge is 0.256 e. The number of carbonyl (C=O) groups excluding carboxylic acids is 1. The van der Waals surface area contributed by atoms with Gasteiger partial charge in [0, 0.05) is 36.1 Å². The Hall–Kier alpha value is -2.66. The number of para-hydroxylation sites is 1. The summed E-state index contributed by atoms with van der Waals surface area (Å²) in [4.78, 5) is 18.9. The predicted octanol–water partition coefficient (Wildman–Crippen LogP) is 2.41. The number of carbonyl (C=O) groups is 1. The van der Waals surface area contributed by atoms with Crippen molar-refractivity contribution in [2.75, 3.05) is 36.5 Å². The number of anilines is 2. The zero-order chi connectivity index (χ0) is 15.6. The van der Waals surface area contributed by atoms with Crippen LogP contribution in [0.25, 0.3) is 11.6 Å². The predicted molar refractivity (Wildman–Crippen MR) is 90.2 cm³/mol. The summed E-state index contributed by atoms with van der Waals surface area (Å²) in [6.07, 6.45) is 3.70. The second-order valence-electron chi connectivity index (χ2n) is 5.61. The molecule has 2 aliphatic heterocycles. The lowest BCUT2D eigenvalue weighted by Gasteiger charge is -2.27. The average Bonchev–Trinajstić information content (AvgIpc) is 2.92. The Morgan fingerprint density at radius 3 is 2.74 bits per heavy atom. The minimum atomic E-state index is -0.0662. The topological polar surface area (TPSA) is 54.5 Å². The van der Waals surface area contributed by atoms with Crippen molar-refractivity contribution < 1.29 is 9.53 Å². The van der Waals surface area contributed by atoms with Gasteiger partial charge in [0.25, 0.3) is 5.91 Å². The number of pyridine rings is 1. The van der Waals surface area contributed by atoms with Crippen molar-refractivity contribution in [3.8, 4) is 0 Å². The number of nitrogens with zero attached hydrogens (tertiary/aromatic N) is 2. The second-order valence-corrected chi connectivity index (χ2v) is 5.61. The number of nitrogens with one attached hydrogen (secondary N) is 1. The zero-order valence-corrected chi connectivity index (χ0v) is 12.7. The summed E-state index contributed by atoms with van der Waals surface area (Å²) < 4.78 is 5.36. The molecule has 3 heterocycles. The first kappa shape index (κ1) is 14.0. The quantitative estimate of drug-likeness (QED) is 0.866. The van der Waals surface area contributed by atoms with Gasteiger partial charge in [-0.15, -0.1) is 0 Å². The normalized spacial score (nSPS) is 18.9. The van der Waals surface area contributed by atoms with Crippen molar-refractivity contribution in [3.05, 3.63) is 53.7 Å². The van der Waals surface area contributed by atoms with Crippen LogP contribution in [0.4, 0.5) is 11.5 Å². The molecule has 1 fully saturated rings. The van der Waals surface area contributed by atoms with Gasteiger partial charge in [0.2, 0.25) is 0 Å². The van der Waals surface area contributed by atoms with Gasteiger partial charge in [0.1, 0.15) is 5.82 Å². The third kappa shape index (κ3) is 2.71. The molecular weight excluding hydrogens is 290 g/mol. The van der Waals surface area contributed by atoms with E-state index < -0.39 is 0 Å². The van der Waals surface area contributed by atoms with E-state index in [9.17, 15) is 4.79 Å². The van der Waals surface area contributed by atoms with Crippen molar-refractivity contribution in [2.24, 2.45) is 0 Å². The number of benzene rings is 1.